The maximum absolute atomic E-state index is 4.77. The van der Waals surface area contributed by atoms with E-state index in [1.54, 1.807) is 0 Å². The highest BCUT2D eigenvalue weighted by atomic mass is 32.1. The number of thiophene rings is 1. The molecule has 2 nitrogen and oxygen atoms in total. The van der Waals surface area contributed by atoms with E-state index in [0.717, 1.165) is 12.8 Å². The van der Waals surface area contributed by atoms with Crippen LogP contribution in [0.1, 0.15) is 45.2 Å². The third-order valence-corrected chi connectivity index (χ3v) is 5.47. The molecule has 18 heavy (non-hydrogen) atoms. The molecule has 0 aromatic carbocycles. The molecular formula is C14H20N2S2. The number of aryl methyl sites for hydroxylation is 3. The zero-order valence-electron chi connectivity index (χ0n) is 11.4. The van der Waals surface area contributed by atoms with Crippen molar-refractivity contribution in [3.8, 4) is 0 Å². The summed E-state index contributed by atoms with van der Waals surface area (Å²) < 4.78 is 0. The maximum atomic E-state index is 4.77. The lowest BCUT2D eigenvalue weighted by Gasteiger charge is -2.10. The third-order valence-electron chi connectivity index (χ3n) is 3.10. The maximum Gasteiger partial charge on any atom is 0.115 e. The molecule has 2 heterocycles. The van der Waals surface area contributed by atoms with Gasteiger partial charge in [0, 0.05) is 14.6 Å². The quantitative estimate of drug-likeness (QED) is 0.897. The number of thiazole rings is 1. The molecule has 1 atom stereocenters. The Morgan fingerprint density at radius 3 is 2.50 bits per heavy atom. The Morgan fingerprint density at radius 1 is 1.22 bits per heavy atom. The van der Waals surface area contributed by atoms with Gasteiger partial charge in [0.25, 0.3) is 0 Å². The smallest absolute Gasteiger partial charge is 0.115 e. The van der Waals surface area contributed by atoms with Crippen LogP contribution in [0.25, 0.3) is 0 Å². The highest BCUT2D eigenvalue weighted by Crippen LogP contribution is 2.32. The van der Waals surface area contributed by atoms with E-state index in [4.69, 9.17) is 4.98 Å². The summed E-state index contributed by atoms with van der Waals surface area (Å²) in [5, 5.41) is 4.59. The third kappa shape index (κ3) is 2.66. The van der Waals surface area contributed by atoms with Gasteiger partial charge in [-0.15, -0.1) is 22.7 Å². The SMILES string of the molecule is CCc1ccc(C(NC)c2nc(CC)c(C)s2)s1. The molecule has 0 spiro atoms. The minimum Gasteiger partial charge on any atom is -0.307 e. The molecule has 2 aromatic heterocycles. The minimum absolute atomic E-state index is 0.249. The average molecular weight is 280 g/mol. The molecular weight excluding hydrogens is 260 g/mol. The molecule has 0 radical (unpaired) electrons. The molecule has 98 valence electrons. The van der Waals surface area contributed by atoms with Gasteiger partial charge in [-0.05, 0) is 38.9 Å². The molecule has 0 aliphatic rings. The lowest BCUT2D eigenvalue weighted by molar-refractivity contribution is 0.695. The van der Waals surface area contributed by atoms with Gasteiger partial charge >= 0.3 is 0 Å². The number of nitrogens with one attached hydrogen (secondary N) is 1. The molecule has 0 bridgehead atoms. The van der Waals surface area contributed by atoms with Crippen molar-refractivity contribution < 1.29 is 0 Å². The normalized spacial score (nSPS) is 12.9. The first-order valence-corrected chi connectivity index (χ1v) is 8.04. The van der Waals surface area contributed by atoms with E-state index in [2.05, 4.69) is 38.2 Å². The lowest BCUT2D eigenvalue weighted by atomic mass is 10.2. The molecule has 0 saturated carbocycles. The van der Waals surface area contributed by atoms with Crippen LogP contribution in [-0.4, -0.2) is 12.0 Å². The fraction of sp³-hybridized carbons (Fsp3) is 0.500. The van der Waals surface area contributed by atoms with Crippen molar-refractivity contribution in [1.29, 1.82) is 0 Å². The van der Waals surface area contributed by atoms with Gasteiger partial charge in [0.05, 0.1) is 11.7 Å². The predicted octanol–water partition coefficient (Wildman–Crippen LogP) is 3.95. The van der Waals surface area contributed by atoms with Crippen LogP contribution in [0.15, 0.2) is 12.1 Å². The molecule has 1 unspecified atom stereocenters. The largest absolute Gasteiger partial charge is 0.307 e. The number of nitrogens with zero attached hydrogens (tertiary/aromatic N) is 1. The molecule has 2 aromatic rings. The summed E-state index contributed by atoms with van der Waals surface area (Å²) in [5.41, 5.74) is 1.24. The first kappa shape index (κ1) is 13.7. The lowest BCUT2D eigenvalue weighted by Crippen LogP contribution is -2.16. The van der Waals surface area contributed by atoms with Crippen LogP contribution >= 0.6 is 22.7 Å². The van der Waals surface area contributed by atoms with Crippen molar-refractivity contribution in [2.75, 3.05) is 7.05 Å². The van der Waals surface area contributed by atoms with E-state index in [0.29, 0.717) is 0 Å². The number of hydrogen-bond donors (Lipinski definition) is 1. The Bertz CT molecular complexity index is 514. The number of hydrogen-bond acceptors (Lipinski definition) is 4. The van der Waals surface area contributed by atoms with Gasteiger partial charge in [0.2, 0.25) is 0 Å². The van der Waals surface area contributed by atoms with Crippen LogP contribution in [0.5, 0.6) is 0 Å². The Balaban J connectivity index is 2.32. The summed E-state index contributed by atoms with van der Waals surface area (Å²) >= 11 is 3.70. The van der Waals surface area contributed by atoms with Gasteiger partial charge in [-0.25, -0.2) is 4.98 Å². The van der Waals surface area contributed by atoms with E-state index in [1.165, 1.54) is 25.3 Å². The fourth-order valence-electron chi connectivity index (χ4n) is 2.03. The summed E-state index contributed by atoms with van der Waals surface area (Å²) in [5.74, 6) is 0. The monoisotopic (exact) mass is 280 g/mol. The Hall–Kier alpha value is -0.710. The standard InChI is InChI=1S/C14H20N2S2/c1-5-10-7-8-12(18-10)13(15-4)14-16-11(6-2)9(3)17-14/h7-8,13,15H,5-6H2,1-4H3. The first-order valence-electron chi connectivity index (χ1n) is 6.41. The van der Waals surface area contributed by atoms with Crippen molar-refractivity contribution in [3.63, 3.8) is 0 Å². The van der Waals surface area contributed by atoms with Crippen molar-refractivity contribution in [2.45, 2.75) is 39.7 Å². The minimum atomic E-state index is 0.249. The van der Waals surface area contributed by atoms with Crippen LogP contribution in [0.4, 0.5) is 0 Å². The van der Waals surface area contributed by atoms with Gasteiger partial charge in [-0.1, -0.05) is 13.8 Å². The second kappa shape index (κ2) is 5.95. The van der Waals surface area contributed by atoms with Gasteiger partial charge < -0.3 is 5.32 Å². The molecule has 1 N–H and O–H groups in total. The Kier molecular flexibility index (Phi) is 4.54. The number of rotatable bonds is 5. The van der Waals surface area contributed by atoms with Crippen LogP contribution in [0.3, 0.4) is 0 Å². The molecule has 0 fully saturated rings. The van der Waals surface area contributed by atoms with Gasteiger partial charge in [0.15, 0.2) is 0 Å². The van der Waals surface area contributed by atoms with Crippen LogP contribution in [0.2, 0.25) is 0 Å². The van der Waals surface area contributed by atoms with E-state index in [1.807, 2.05) is 29.7 Å². The molecule has 0 aliphatic heterocycles. The van der Waals surface area contributed by atoms with E-state index < -0.39 is 0 Å². The van der Waals surface area contributed by atoms with Crippen molar-refractivity contribution in [2.24, 2.45) is 0 Å². The van der Waals surface area contributed by atoms with Crippen molar-refractivity contribution in [3.05, 3.63) is 37.5 Å². The van der Waals surface area contributed by atoms with Crippen molar-refractivity contribution in [1.82, 2.24) is 10.3 Å². The zero-order chi connectivity index (χ0) is 13.1. The molecule has 0 amide bonds. The van der Waals surface area contributed by atoms with Gasteiger partial charge in [0.1, 0.15) is 5.01 Å². The molecule has 2 rings (SSSR count). The van der Waals surface area contributed by atoms with E-state index in [9.17, 15) is 0 Å². The van der Waals surface area contributed by atoms with E-state index >= 15 is 0 Å². The Labute approximate surface area is 117 Å². The summed E-state index contributed by atoms with van der Waals surface area (Å²) in [6, 6.07) is 4.71. The average Bonchev–Trinajstić information content (AvgIpc) is 2.97. The summed E-state index contributed by atoms with van der Waals surface area (Å²) in [6.45, 7) is 6.53. The van der Waals surface area contributed by atoms with Crippen LogP contribution in [0, 0.1) is 6.92 Å². The van der Waals surface area contributed by atoms with E-state index in [-0.39, 0.29) is 6.04 Å². The first-order chi connectivity index (χ1) is 8.69. The highest BCUT2D eigenvalue weighted by molar-refractivity contribution is 7.13. The second-order valence-corrected chi connectivity index (χ2v) is 6.72. The van der Waals surface area contributed by atoms with Crippen LogP contribution in [-0.2, 0) is 12.8 Å². The fourth-order valence-corrected chi connectivity index (χ4v) is 4.31. The van der Waals surface area contributed by atoms with Crippen LogP contribution < -0.4 is 5.32 Å². The molecule has 4 heteroatoms. The van der Waals surface area contributed by atoms with Crippen molar-refractivity contribution >= 4 is 22.7 Å². The predicted molar refractivity (Wildman–Crippen MR) is 80.8 cm³/mol. The topological polar surface area (TPSA) is 24.9 Å². The van der Waals surface area contributed by atoms with Gasteiger partial charge in [-0.3, -0.25) is 0 Å². The highest BCUT2D eigenvalue weighted by Gasteiger charge is 2.19. The Morgan fingerprint density at radius 2 is 2.00 bits per heavy atom. The summed E-state index contributed by atoms with van der Waals surface area (Å²) in [6.07, 6.45) is 2.13. The van der Waals surface area contributed by atoms with Gasteiger partial charge in [-0.2, -0.15) is 0 Å². The zero-order valence-corrected chi connectivity index (χ0v) is 13.0. The summed E-state index contributed by atoms with van der Waals surface area (Å²) in [4.78, 5) is 8.93. The number of aromatic nitrogens is 1. The molecule has 0 aliphatic carbocycles. The summed E-state index contributed by atoms with van der Waals surface area (Å²) in [7, 11) is 2.01. The second-order valence-electron chi connectivity index (χ2n) is 4.29. The molecule has 0 saturated heterocycles.